The fraction of sp³-hybridized carbons (Fsp3) is 0.757. The molecule has 5 saturated heterocycles. The van der Waals surface area contributed by atoms with Crippen molar-refractivity contribution in [2.75, 3.05) is 65.3 Å². The minimum Gasteiger partial charge on any atom is -0.481 e. The van der Waals surface area contributed by atoms with Crippen LogP contribution >= 0.6 is 21.6 Å². The summed E-state index contributed by atoms with van der Waals surface area (Å²) >= 11 is 0. The first-order valence-corrected chi connectivity index (χ1v) is 40.1. The maximum absolute atomic E-state index is 15.6. The third-order valence-corrected chi connectivity index (χ3v) is 23.0. The number of fused-ring (bicyclic) bond motifs is 7. The van der Waals surface area contributed by atoms with Crippen LogP contribution in [0.4, 0.5) is 0 Å². The van der Waals surface area contributed by atoms with Gasteiger partial charge >= 0.3 is 5.97 Å². The van der Waals surface area contributed by atoms with Gasteiger partial charge in [0.15, 0.2) is 11.3 Å². The molecule has 5 aliphatic rings. The van der Waals surface area contributed by atoms with Gasteiger partial charge in [0.2, 0.25) is 82.7 Å². The molecule has 0 aromatic rings. The van der Waals surface area contributed by atoms with Crippen molar-refractivity contribution in [3.05, 3.63) is 0 Å². The van der Waals surface area contributed by atoms with Crippen molar-refractivity contribution >= 4 is 122 Å². The summed E-state index contributed by atoms with van der Waals surface area (Å²) in [5, 5.41) is 58.3. The molecular formula is C70H116N18O19S2. The first kappa shape index (κ1) is 91.0. The molecule has 2 bridgehead atoms. The lowest BCUT2D eigenvalue weighted by Gasteiger charge is -2.36. The van der Waals surface area contributed by atoms with E-state index in [0.717, 1.165) is 4.90 Å². The molecule has 0 aliphatic carbocycles. The van der Waals surface area contributed by atoms with Crippen LogP contribution in [0.2, 0.25) is 0 Å². The smallest absolute Gasteiger partial charge is 0.305 e. The number of carbonyl (C=O) groups excluding carboxylic acids is 15. The average Bonchev–Trinajstić information content (AvgIpc) is 1.70. The number of hydrogen-bond donors (Lipinski definition) is 16. The molecule has 18 N–H and O–H groups in total. The number of carboxylic acid groups (broad SMARTS) is 1. The van der Waals surface area contributed by atoms with Crippen LogP contribution in [-0.2, 0) is 76.7 Å². The van der Waals surface area contributed by atoms with E-state index < -0.39 is 228 Å². The molecule has 0 radical (unpaired) electrons. The van der Waals surface area contributed by atoms with Crippen LogP contribution in [0.1, 0.15) is 171 Å². The van der Waals surface area contributed by atoms with Crippen molar-refractivity contribution < 1.29 is 92.0 Å². The maximum Gasteiger partial charge on any atom is 0.305 e. The van der Waals surface area contributed by atoms with Gasteiger partial charge in [0.25, 0.3) is 5.91 Å². The predicted molar refractivity (Wildman–Crippen MR) is 401 cm³/mol. The number of nitrogens with two attached hydrogens (primary N) is 2. The van der Waals surface area contributed by atoms with E-state index in [0.29, 0.717) is 47.3 Å². The summed E-state index contributed by atoms with van der Waals surface area (Å²) in [6.45, 7) is 12.7. The molecule has 612 valence electrons. The number of nitrogens with zero attached hydrogens (tertiary/aromatic N) is 5. The normalized spacial score (nSPS) is 28.8. The Morgan fingerprint density at radius 3 is 1.58 bits per heavy atom. The van der Waals surface area contributed by atoms with Gasteiger partial charge in [-0.3, -0.25) is 81.7 Å². The van der Waals surface area contributed by atoms with Crippen molar-refractivity contribution in [2.24, 2.45) is 39.6 Å². The van der Waals surface area contributed by atoms with E-state index in [2.05, 4.69) is 63.5 Å². The van der Waals surface area contributed by atoms with Crippen molar-refractivity contribution in [1.29, 1.82) is 0 Å². The van der Waals surface area contributed by atoms with E-state index >= 15 is 24.0 Å². The highest BCUT2D eigenvalue weighted by atomic mass is 33.1. The van der Waals surface area contributed by atoms with E-state index in [1.807, 2.05) is 0 Å². The minimum atomic E-state index is -1.96. The summed E-state index contributed by atoms with van der Waals surface area (Å²) in [4.78, 5) is 240. The molecule has 15 amide bonds. The second kappa shape index (κ2) is 43.7. The van der Waals surface area contributed by atoms with Crippen LogP contribution in [0, 0.1) is 23.2 Å². The number of aliphatic hydroxyl groups is 2. The zero-order chi connectivity index (χ0) is 81.1. The largest absolute Gasteiger partial charge is 0.481 e. The second-order valence-corrected chi connectivity index (χ2v) is 32.3. The van der Waals surface area contributed by atoms with Gasteiger partial charge in [0.05, 0.1) is 26.2 Å². The number of rotatable bonds is 15. The Bertz CT molecular complexity index is 3290. The monoisotopic (exact) mass is 1580 g/mol. The van der Waals surface area contributed by atoms with Crippen LogP contribution in [-0.4, -0.2) is 279 Å². The molecular weight excluding hydrogens is 1460 g/mol. The SMILES string of the molecule is CC[C@H](C)[C@@H]1NC(=O)CNC(=O)CCCCCNC(=O)[C@H](CC(=O)O)NC(=O)[C@@H]2CCCN2C(=O)[C@H]([C@@H](C)CC)NC(=O)[C@@H]2SSC[C@H](NC1=O)C(=O)N[C@@H](CO)C(=O)N[C@@H](CCCN=C(N)N)C(=O)N[C@@H](CO)C(=O)N[C@@H](CC(C)(C)C)C(=O)N1CCC[C@H]1C(=O)N1CCC[C@H]1C(=O)N[C@@H]([C@@H](C)CC)C(=O)N2C. The first-order chi connectivity index (χ1) is 51.5. The lowest BCUT2D eigenvalue weighted by Crippen LogP contribution is -2.62. The summed E-state index contributed by atoms with van der Waals surface area (Å²) in [5.74, 6) is -17.6. The highest BCUT2D eigenvalue weighted by molar-refractivity contribution is 8.77. The fourth-order valence-corrected chi connectivity index (χ4v) is 16.0. The van der Waals surface area contributed by atoms with Gasteiger partial charge in [-0.1, -0.05) is 110 Å². The van der Waals surface area contributed by atoms with Crippen molar-refractivity contribution in [2.45, 2.75) is 249 Å². The van der Waals surface area contributed by atoms with E-state index in [1.165, 1.54) is 21.7 Å². The molecule has 0 unspecified atom stereocenters. The summed E-state index contributed by atoms with van der Waals surface area (Å²) in [5.41, 5.74) is 10.5. The molecule has 5 rings (SSSR count). The second-order valence-electron chi connectivity index (χ2n) is 29.8. The Balaban J connectivity index is 1.72. The molecule has 0 saturated carbocycles. The van der Waals surface area contributed by atoms with E-state index in [9.17, 15) is 68.1 Å². The quantitative estimate of drug-likeness (QED) is 0.0326. The van der Waals surface area contributed by atoms with E-state index in [1.54, 1.807) is 62.3 Å². The molecule has 0 aromatic heterocycles. The van der Waals surface area contributed by atoms with Gasteiger partial charge in [-0.05, 0) is 93.8 Å². The number of aliphatic hydroxyl groups excluding tert-OH is 2. The molecule has 16 atom stereocenters. The molecule has 5 aliphatic heterocycles. The van der Waals surface area contributed by atoms with Crippen LogP contribution in [0.5, 0.6) is 0 Å². The third kappa shape index (κ3) is 26.9. The number of hydrogen-bond acceptors (Lipinski definition) is 21. The van der Waals surface area contributed by atoms with E-state index in [4.69, 9.17) is 11.5 Å². The lowest BCUT2D eigenvalue weighted by atomic mass is 9.87. The van der Waals surface area contributed by atoms with Crippen LogP contribution in [0.15, 0.2) is 4.99 Å². The number of nitrogens with one attached hydrogen (secondary N) is 11. The van der Waals surface area contributed by atoms with Gasteiger partial charge in [0, 0.05) is 51.9 Å². The zero-order valence-corrected chi connectivity index (χ0v) is 65.8. The molecule has 5 fully saturated rings. The van der Waals surface area contributed by atoms with Crippen LogP contribution in [0.25, 0.3) is 0 Å². The summed E-state index contributed by atoms with van der Waals surface area (Å²) in [6.07, 6.45) is 1.75. The Hall–Kier alpha value is -8.59. The van der Waals surface area contributed by atoms with Gasteiger partial charge in [-0.2, -0.15) is 0 Å². The number of aliphatic carboxylic acids is 1. The van der Waals surface area contributed by atoms with Crippen LogP contribution < -0.4 is 70.0 Å². The summed E-state index contributed by atoms with van der Waals surface area (Å²) < 4.78 is 0. The van der Waals surface area contributed by atoms with Gasteiger partial charge < -0.3 is 105 Å². The average molecular weight is 1580 g/mol. The van der Waals surface area contributed by atoms with Gasteiger partial charge in [0.1, 0.15) is 72.5 Å². The topological polar surface area (TPSA) is 543 Å². The van der Waals surface area contributed by atoms with E-state index in [-0.39, 0.29) is 116 Å². The Morgan fingerprint density at radius 2 is 1.02 bits per heavy atom. The minimum absolute atomic E-state index is 0.00826. The highest BCUT2D eigenvalue weighted by Gasteiger charge is 2.48. The fourth-order valence-electron chi connectivity index (χ4n) is 13.4. The molecule has 0 spiro atoms. The predicted octanol–water partition coefficient (Wildman–Crippen LogP) is -3.60. The van der Waals surface area contributed by atoms with Crippen molar-refractivity contribution in [3.8, 4) is 0 Å². The maximum atomic E-state index is 15.6. The number of carboxylic acids is 1. The number of guanidine groups is 1. The third-order valence-electron chi connectivity index (χ3n) is 20.3. The number of aliphatic imine (C=N–C) groups is 1. The molecule has 5 heterocycles. The van der Waals surface area contributed by atoms with Crippen LogP contribution in [0.3, 0.4) is 0 Å². The van der Waals surface area contributed by atoms with Gasteiger partial charge in [-0.25, -0.2) is 0 Å². The Kier molecular flexibility index (Phi) is 36.5. The Labute approximate surface area is 643 Å². The molecule has 39 heteroatoms. The molecule has 0 aromatic carbocycles. The molecule has 37 nitrogen and oxygen atoms in total. The zero-order valence-electron chi connectivity index (χ0n) is 64.2. The highest BCUT2D eigenvalue weighted by Crippen LogP contribution is 2.33. The van der Waals surface area contributed by atoms with Crippen molar-refractivity contribution in [1.82, 2.24) is 78.1 Å². The molecule has 109 heavy (non-hydrogen) atoms. The first-order valence-electron chi connectivity index (χ1n) is 37.7. The van der Waals surface area contributed by atoms with Crippen molar-refractivity contribution in [3.63, 3.8) is 0 Å². The summed E-state index contributed by atoms with van der Waals surface area (Å²) in [7, 11) is 2.59. The number of likely N-dealkylation sites (N-methyl/N-ethyl adjacent to an activating group) is 1. The number of carbonyl (C=O) groups is 16. The Morgan fingerprint density at radius 1 is 0.523 bits per heavy atom. The number of amides is 15. The van der Waals surface area contributed by atoms with Gasteiger partial charge in [-0.15, -0.1) is 0 Å². The standard InChI is InChI=1S/C70H116N18O19S2/c1-11-37(4)52-62(102)81-45-36-108-109-68(63(103)84-54(39(6)13-3)67(107)87-29-19-22-46(87)60(100)77-41(31-51(93)94)55(95)73-26-16-14-15-25-49(91)75-33-50(92)82-52)85(10)66(106)53(38(5)12-2)83-61(101)47-23-18-28-86(47)65(105)48-24-20-30-88(48)64(104)42(32-70(7,8)9)78-58(98)44(35-90)79-56(96)40(21-17-27-74-69(71)72)76-57(97)43(34-89)80-59(45)99/h37-48,52-54,68,89-90H,11-36H2,1-10H3,(H,73,95)(H,75,91)(H,76,97)(H,77,100)(H,78,98)(H,79,96)(H,80,99)(H,81,102)(H,82,92)(H,83,101)(H,84,103)(H,93,94)(H4,71,72,74)/t37-,38-,39-,40-,41-,42-,43-,44-,45-,46-,47-,48-,52-,53-,54-,68-/m0/s1. The summed E-state index contributed by atoms with van der Waals surface area (Å²) in [6, 6.07) is -18.1. The lowest BCUT2D eigenvalue weighted by molar-refractivity contribution is -0.149.